The second kappa shape index (κ2) is 5.50. The highest BCUT2D eigenvalue weighted by molar-refractivity contribution is 5.29. The molecule has 0 radical (unpaired) electrons. The normalized spacial score (nSPS) is 24.6. The number of methoxy groups -OCH3 is 1. The summed E-state index contributed by atoms with van der Waals surface area (Å²) in [5.41, 5.74) is 1.01. The van der Waals surface area contributed by atoms with Crippen LogP contribution in [0.1, 0.15) is 31.2 Å². The Labute approximate surface area is 102 Å². The van der Waals surface area contributed by atoms with E-state index in [-0.39, 0.29) is 18.0 Å². The molecule has 94 valence electrons. The topological polar surface area (TPSA) is 18.5 Å². The van der Waals surface area contributed by atoms with Crippen LogP contribution in [0.25, 0.3) is 0 Å². The van der Waals surface area contributed by atoms with E-state index in [1.54, 1.807) is 19.2 Å². The molecule has 0 bridgehead atoms. The van der Waals surface area contributed by atoms with Crippen LogP contribution in [-0.4, -0.2) is 19.3 Å². The quantitative estimate of drug-likeness (QED) is 0.802. The monoisotopic (exact) mass is 238 g/mol. The van der Waals surface area contributed by atoms with E-state index in [2.05, 4.69) is 0 Å². The Kier molecular flexibility index (Phi) is 4.00. The lowest BCUT2D eigenvalue weighted by atomic mass is 9.95. The summed E-state index contributed by atoms with van der Waals surface area (Å²) >= 11 is 0. The lowest BCUT2D eigenvalue weighted by Crippen LogP contribution is -2.29. The van der Waals surface area contributed by atoms with Crippen LogP contribution in [0.3, 0.4) is 0 Å². The highest BCUT2D eigenvalue weighted by atomic mass is 19.1. The average Bonchev–Trinajstić information content (AvgIpc) is 2.34. The van der Waals surface area contributed by atoms with Gasteiger partial charge < -0.3 is 9.47 Å². The van der Waals surface area contributed by atoms with Crippen molar-refractivity contribution in [3.63, 3.8) is 0 Å². The third-order valence-electron chi connectivity index (χ3n) is 3.29. The molecule has 2 rings (SSSR count). The summed E-state index contributed by atoms with van der Waals surface area (Å²) in [7, 11) is 1.72. The molecule has 0 N–H and O–H groups in total. The Morgan fingerprint density at radius 3 is 2.76 bits per heavy atom. The molecule has 0 aliphatic heterocycles. The first kappa shape index (κ1) is 12.4. The van der Waals surface area contributed by atoms with Gasteiger partial charge >= 0.3 is 0 Å². The molecule has 2 nitrogen and oxygen atoms in total. The highest BCUT2D eigenvalue weighted by Crippen LogP contribution is 2.27. The predicted molar refractivity (Wildman–Crippen MR) is 64.8 cm³/mol. The number of benzene rings is 1. The molecule has 17 heavy (non-hydrogen) atoms. The van der Waals surface area contributed by atoms with Crippen molar-refractivity contribution in [3.05, 3.63) is 29.6 Å². The fourth-order valence-corrected chi connectivity index (χ4v) is 2.30. The molecule has 1 fully saturated rings. The van der Waals surface area contributed by atoms with Gasteiger partial charge in [0, 0.05) is 13.5 Å². The maximum absolute atomic E-state index is 13.5. The van der Waals surface area contributed by atoms with Crippen molar-refractivity contribution in [2.75, 3.05) is 7.11 Å². The van der Waals surface area contributed by atoms with E-state index >= 15 is 0 Å². The number of hydrogen-bond donors (Lipinski definition) is 0. The molecule has 1 saturated carbocycles. The fraction of sp³-hybridized carbons (Fsp3) is 0.571. The Morgan fingerprint density at radius 2 is 2.00 bits per heavy atom. The highest BCUT2D eigenvalue weighted by Gasteiger charge is 2.23. The van der Waals surface area contributed by atoms with Crippen LogP contribution in [0, 0.1) is 12.7 Å². The van der Waals surface area contributed by atoms with Gasteiger partial charge in [0.05, 0.1) is 6.10 Å². The van der Waals surface area contributed by atoms with Crippen LogP contribution in [0.15, 0.2) is 18.2 Å². The van der Waals surface area contributed by atoms with E-state index in [0.29, 0.717) is 5.75 Å². The molecule has 0 aromatic heterocycles. The molecule has 0 amide bonds. The van der Waals surface area contributed by atoms with Gasteiger partial charge in [-0.05, 0) is 43.9 Å². The van der Waals surface area contributed by atoms with Crippen LogP contribution in [0.2, 0.25) is 0 Å². The van der Waals surface area contributed by atoms with Gasteiger partial charge in [-0.3, -0.25) is 0 Å². The first-order valence-corrected chi connectivity index (χ1v) is 6.14. The second-order valence-corrected chi connectivity index (χ2v) is 4.70. The first-order chi connectivity index (χ1) is 8.19. The van der Waals surface area contributed by atoms with Crippen molar-refractivity contribution >= 4 is 0 Å². The Bertz CT molecular complexity index is 378. The molecule has 2 atom stereocenters. The standard InChI is InChI=1S/C14H19FO2/c1-10-6-7-13(15)14(8-10)17-12-5-3-4-11(9-12)16-2/h6-8,11-12H,3-5,9H2,1-2H3. The summed E-state index contributed by atoms with van der Waals surface area (Å²) in [6.45, 7) is 1.94. The van der Waals surface area contributed by atoms with Crippen molar-refractivity contribution in [2.24, 2.45) is 0 Å². The zero-order valence-electron chi connectivity index (χ0n) is 10.4. The largest absolute Gasteiger partial charge is 0.487 e. The maximum atomic E-state index is 13.5. The van der Waals surface area contributed by atoms with Crippen molar-refractivity contribution in [1.82, 2.24) is 0 Å². The number of aryl methyl sites for hydroxylation is 1. The van der Waals surface area contributed by atoms with Gasteiger partial charge in [-0.2, -0.15) is 0 Å². The Balaban J connectivity index is 2.02. The van der Waals surface area contributed by atoms with Crippen LogP contribution in [0.4, 0.5) is 4.39 Å². The minimum atomic E-state index is -0.282. The van der Waals surface area contributed by atoms with E-state index in [0.717, 1.165) is 31.2 Å². The van der Waals surface area contributed by atoms with Gasteiger partial charge in [-0.15, -0.1) is 0 Å². The summed E-state index contributed by atoms with van der Waals surface area (Å²) < 4.78 is 24.6. The SMILES string of the molecule is COC1CCCC(Oc2cc(C)ccc2F)C1. The van der Waals surface area contributed by atoms with Crippen molar-refractivity contribution in [1.29, 1.82) is 0 Å². The maximum Gasteiger partial charge on any atom is 0.165 e. The summed E-state index contributed by atoms with van der Waals surface area (Å²) in [6.07, 6.45) is 4.31. The molecule has 0 saturated heterocycles. The molecule has 0 heterocycles. The first-order valence-electron chi connectivity index (χ1n) is 6.14. The third-order valence-corrected chi connectivity index (χ3v) is 3.29. The fourth-order valence-electron chi connectivity index (χ4n) is 2.30. The Morgan fingerprint density at radius 1 is 1.24 bits per heavy atom. The molecule has 0 spiro atoms. The van der Waals surface area contributed by atoms with E-state index < -0.39 is 0 Å². The van der Waals surface area contributed by atoms with Gasteiger partial charge in [0.2, 0.25) is 0 Å². The lowest BCUT2D eigenvalue weighted by molar-refractivity contribution is 0.0197. The number of rotatable bonds is 3. The van der Waals surface area contributed by atoms with Crippen LogP contribution >= 0.6 is 0 Å². The number of ether oxygens (including phenoxy) is 2. The molecule has 1 aliphatic carbocycles. The van der Waals surface area contributed by atoms with Gasteiger partial charge in [0.1, 0.15) is 6.10 Å². The predicted octanol–water partition coefficient (Wildman–Crippen LogP) is 3.47. The van der Waals surface area contributed by atoms with Crippen molar-refractivity contribution < 1.29 is 13.9 Å². The van der Waals surface area contributed by atoms with E-state index in [4.69, 9.17) is 9.47 Å². The van der Waals surface area contributed by atoms with E-state index in [1.807, 2.05) is 6.92 Å². The Hall–Kier alpha value is -1.09. The average molecular weight is 238 g/mol. The van der Waals surface area contributed by atoms with Crippen molar-refractivity contribution in [3.8, 4) is 5.75 Å². The summed E-state index contributed by atoms with van der Waals surface area (Å²) in [4.78, 5) is 0. The molecular weight excluding hydrogens is 219 g/mol. The minimum Gasteiger partial charge on any atom is -0.487 e. The number of hydrogen-bond acceptors (Lipinski definition) is 2. The molecule has 1 aromatic carbocycles. The third kappa shape index (κ3) is 3.19. The summed E-state index contributed by atoms with van der Waals surface area (Å²) in [5.74, 6) is 0.0851. The van der Waals surface area contributed by atoms with Gasteiger partial charge in [-0.25, -0.2) is 4.39 Å². The van der Waals surface area contributed by atoms with Crippen molar-refractivity contribution in [2.45, 2.75) is 44.8 Å². The van der Waals surface area contributed by atoms with Gasteiger partial charge in [-0.1, -0.05) is 6.07 Å². The number of halogens is 1. The molecule has 2 unspecified atom stereocenters. The molecule has 1 aromatic rings. The zero-order chi connectivity index (χ0) is 12.3. The van der Waals surface area contributed by atoms with Gasteiger partial charge in [0.25, 0.3) is 0 Å². The van der Waals surface area contributed by atoms with Crippen LogP contribution < -0.4 is 4.74 Å². The lowest BCUT2D eigenvalue weighted by Gasteiger charge is -2.28. The second-order valence-electron chi connectivity index (χ2n) is 4.70. The van der Waals surface area contributed by atoms with Crippen LogP contribution in [0.5, 0.6) is 5.75 Å². The van der Waals surface area contributed by atoms with E-state index in [1.165, 1.54) is 6.07 Å². The summed E-state index contributed by atoms with van der Waals surface area (Å²) in [5, 5.41) is 0. The van der Waals surface area contributed by atoms with E-state index in [9.17, 15) is 4.39 Å². The molecular formula is C14H19FO2. The minimum absolute atomic E-state index is 0.0741. The molecule has 1 aliphatic rings. The summed E-state index contributed by atoms with van der Waals surface area (Å²) in [6, 6.07) is 4.97. The zero-order valence-corrected chi connectivity index (χ0v) is 10.4. The molecule has 3 heteroatoms. The smallest absolute Gasteiger partial charge is 0.165 e. The van der Waals surface area contributed by atoms with Gasteiger partial charge in [0.15, 0.2) is 11.6 Å². The van der Waals surface area contributed by atoms with Crippen LogP contribution in [-0.2, 0) is 4.74 Å².